The van der Waals surface area contributed by atoms with E-state index in [1.807, 2.05) is 0 Å². The third-order valence-corrected chi connectivity index (χ3v) is 5.51. The highest BCUT2D eigenvalue weighted by Crippen LogP contribution is 2.08. The first-order valence-electron chi connectivity index (χ1n) is 5.68. The first-order valence-corrected chi connectivity index (χ1v) is 7.31. The van der Waals surface area contributed by atoms with Gasteiger partial charge in [0.05, 0.1) is 0 Å². The molecule has 0 aromatic heterocycles. The van der Waals surface area contributed by atoms with Gasteiger partial charge in [0, 0.05) is 33.0 Å². The second kappa shape index (κ2) is 9.29. The number of methoxy groups -OCH3 is 2. The molecule has 2 atom stereocenters. The standard InChI is InChI=1S/C10H26N2O2Si/c1-5-8(2)9(12-7-6-11)15-10(13-3)14-4/h8-10,12H,5-7,11,15H2,1-4H3. The quantitative estimate of drug-likeness (QED) is 0.423. The van der Waals surface area contributed by atoms with Crippen LogP contribution in [0.2, 0.25) is 0 Å². The maximum Gasteiger partial charge on any atom is 0.135 e. The summed E-state index contributed by atoms with van der Waals surface area (Å²) in [5, 5.41) is 3.50. The van der Waals surface area contributed by atoms with E-state index in [-0.39, 0.29) is 5.91 Å². The maximum atomic E-state index is 5.50. The Morgan fingerprint density at radius 2 is 1.93 bits per heavy atom. The first kappa shape index (κ1) is 15.1. The van der Waals surface area contributed by atoms with Crippen LogP contribution in [0.3, 0.4) is 0 Å². The van der Waals surface area contributed by atoms with Gasteiger partial charge in [-0.3, -0.25) is 0 Å². The van der Waals surface area contributed by atoms with Crippen LogP contribution in [0.15, 0.2) is 0 Å². The van der Waals surface area contributed by atoms with Gasteiger partial charge in [0.25, 0.3) is 0 Å². The van der Waals surface area contributed by atoms with Crippen molar-refractivity contribution in [3.63, 3.8) is 0 Å². The van der Waals surface area contributed by atoms with Gasteiger partial charge in [-0.2, -0.15) is 0 Å². The summed E-state index contributed by atoms with van der Waals surface area (Å²) in [7, 11) is 2.96. The molecule has 0 aliphatic rings. The van der Waals surface area contributed by atoms with E-state index in [2.05, 4.69) is 19.2 Å². The Bertz CT molecular complexity index is 145. The molecule has 0 aliphatic carbocycles. The number of nitrogens with one attached hydrogen (secondary N) is 1. The SMILES string of the molecule is CCC(C)C(NCCN)[SiH2]C(OC)OC. The molecule has 4 nitrogen and oxygen atoms in total. The van der Waals surface area contributed by atoms with Crippen LogP contribution in [-0.2, 0) is 9.47 Å². The molecule has 5 heteroatoms. The number of hydrogen-bond donors (Lipinski definition) is 2. The van der Waals surface area contributed by atoms with Gasteiger partial charge in [-0.1, -0.05) is 20.3 Å². The largest absolute Gasteiger partial charge is 0.360 e. The summed E-state index contributed by atoms with van der Waals surface area (Å²) in [6.45, 7) is 6.04. The molecule has 0 bridgehead atoms. The maximum absolute atomic E-state index is 5.50. The van der Waals surface area contributed by atoms with E-state index in [1.165, 1.54) is 6.42 Å². The highest BCUT2D eigenvalue weighted by atomic mass is 28.2. The zero-order valence-corrected chi connectivity index (χ0v) is 11.9. The topological polar surface area (TPSA) is 56.5 Å². The molecule has 0 radical (unpaired) electrons. The van der Waals surface area contributed by atoms with E-state index in [9.17, 15) is 0 Å². The lowest BCUT2D eigenvalue weighted by Crippen LogP contribution is -2.47. The molecule has 2 unspecified atom stereocenters. The van der Waals surface area contributed by atoms with Crippen LogP contribution in [0, 0.1) is 5.92 Å². The van der Waals surface area contributed by atoms with Crippen LogP contribution in [-0.4, -0.2) is 48.4 Å². The second-order valence-electron chi connectivity index (χ2n) is 3.87. The minimum absolute atomic E-state index is 0.00859. The number of nitrogens with two attached hydrogens (primary N) is 1. The van der Waals surface area contributed by atoms with E-state index in [1.54, 1.807) is 14.2 Å². The van der Waals surface area contributed by atoms with Crippen LogP contribution in [0.5, 0.6) is 0 Å². The smallest absolute Gasteiger partial charge is 0.135 e. The van der Waals surface area contributed by atoms with Crippen LogP contribution in [0.4, 0.5) is 0 Å². The van der Waals surface area contributed by atoms with Gasteiger partial charge in [0.2, 0.25) is 0 Å². The molecule has 15 heavy (non-hydrogen) atoms. The molecule has 0 saturated carbocycles. The number of rotatable bonds is 9. The minimum Gasteiger partial charge on any atom is -0.360 e. The highest BCUT2D eigenvalue weighted by Gasteiger charge is 2.20. The summed E-state index contributed by atoms with van der Waals surface area (Å²) in [4.78, 5) is 0. The summed E-state index contributed by atoms with van der Waals surface area (Å²) in [5.41, 5.74) is 6.05. The van der Waals surface area contributed by atoms with Crippen molar-refractivity contribution in [2.24, 2.45) is 11.7 Å². The molecule has 92 valence electrons. The Morgan fingerprint density at radius 1 is 1.33 bits per heavy atom. The van der Waals surface area contributed by atoms with Crippen LogP contribution >= 0.6 is 0 Å². The van der Waals surface area contributed by atoms with Crippen LogP contribution in [0.1, 0.15) is 20.3 Å². The van der Waals surface area contributed by atoms with Crippen molar-refractivity contribution < 1.29 is 9.47 Å². The molecule has 0 aromatic rings. The predicted molar refractivity (Wildman–Crippen MR) is 66.7 cm³/mol. The van der Waals surface area contributed by atoms with E-state index in [0.717, 1.165) is 6.54 Å². The molecule has 0 saturated heterocycles. The van der Waals surface area contributed by atoms with E-state index < -0.39 is 9.52 Å². The first-order chi connectivity index (χ1) is 7.19. The van der Waals surface area contributed by atoms with Gasteiger partial charge in [0.1, 0.15) is 15.4 Å². The molecule has 0 fully saturated rings. The molecule has 0 rings (SSSR count). The molecule has 0 heterocycles. The molecule has 0 aliphatic heterocycles. The van der Waals surface area contributed by atoms with E-state index in [0.29, 0.717) is 18.1 Å². The molecule has 0 aromatic carbocycles. The average molecular weight is 234 g/mol. The van der Waals surface area contributed by atoms with Gasteiger partial charge in [0.15, 0.2) is 0 Å². The second-order valence-corrected chi connectivity index (χ2v) is 5.89. The fourth-order valence-electron chi connectivity index (χ4n) is 1.57. The van der Waals surface area contributed by atoms with Crippen molar-refractivity contribution in [2.45, 2.75) is 31.8 Å². The molecular weight excluding hydrogens is 208 g/mol. The summed E-state index contributed by atoms with van der Waals surface area (Å²) in [5.74, 6) is 0.672. The van der Waals surface area contributed by atoms with Crippen molar-refractivity contribution in [3.8, 4) is 0 Å². The van der Waals surface area contributed by atoms with Crippen LogP contribution < -0.4 is 11.1 Å². The van der Waals surface area contributed by atoms with Crippen molar-refractivity contribution >= 4 is 9.52 Å². The molecular formula is C10H26N2O2Si. The molecule has 0 spiro atoms. The number of ether oxygens (including phenoxy) is 2. The summed E-state index contributed by atoms with van der Waals surface area (Å²) in [6.07, 6.45) is 1.18. The normalized spacial score (nSPS) is 16.4. The monoisotopic (exact) mass is 234 g/mol. The lowest BCUT2D eigenvalue weighted by Gasteiger charge is -2.26. The van der Waals surface area contributed by atoms with Crippen LogP contribution in [0.25, 0.3) is 0 Å². The van der Waals surface area contributed by atoms with Gasteiger partial charge in [-0.25, -0.2) is 0 Å². The Kier molecular flexibility index (Phi) is 9.33. The Morgan fingerprint density at radius 3 is 2.33 bits per heavy atom. The summed E-state index contributed by atoms with van der Waals surface area (Å²) >= 11 is 0. The summed E-state index contributed by atoms with van der Waals surface area (Å²) < 4.78 is 10.5. The lowest BCUT2D eigenvalue weighted by atomic mass is 10.1. The summed E-state index contributed by atoms with van der Waals surface area (Å²) in [6, 6.07) is 0. The lowest BCUT2D eigenvalue weighted by molar-refractivity contribution is -0.0454. The van der Waals surface area contributed by atoms with Gasteiger partial charge >= 0.3 is 0 Å². The third-order valence-electron chi connectivity index (χ3n) is 2.85. The van der Waals surface area contributed by atoms with E-state index >= 15 is 0 Å². The predicted octanol–water partition coefficient (Wildman–Crippen LogP) is -0.348. The molecule has 3 N–H and O–H groups in total. The van der Waals surface area contributed by atoms with Crippen molar-refractivity contribution in [1.29, 1.82) is 0 Å². The van der Waals surface area contributed by atoms with E-state index in [4.69, 9.17) is 15.2 Å². The minimum atomic E-state index is -0.451. The highest BCUT2D eigenvalue weighted by molar-refractivity contribution is 6.38. The Labute approximate surface area is 95.7 Å². The van der Waals surface area contributed by atoms with Crippen molar-refractivity contribution in [1.82, 2.24) is 5.32 Å². The molecule has 0 amide bonds. The number of hydrogen-bond acceptors (Lipinski definition) is 4. The van der Waals surface area contributed by atoms with Crippen molar-refractivity contribution in [2.75, 3.05) is 27.3 Å². The fraction of sp³-hybridized carbons (Fsp3) is 1.00. The van der Waals surface area contributed by atoms with Gasteiger partial charge in [-0.05, 0) is 5.92 Å². The van der Waals surface area contributed by atoms with Gasteiger partial charge < -0.3 is 20.5 Å². The van der Waals surface area contributed by atoms with Gasteiger partial charge in [-0.15, -0.1) is 0 Å². The fourth-order valence-corrected chi connectivity index (χ4v) is 3.53. The zero-order chi connectivity index (χ0) is 11.7. The third kappa shape index (κ3) is 6.27. The van der Waals surface area contributed by atoms with Crippen molar-refractivity contribution in [3.05, 3.63) is 0 Å². The average Bonchev–Trinajstić information content (AvgIpc) is 2.28. The Balaban J connectivity index is 4.09. The zero-order valence-electron chi connectivity index (χ0n) is 10.5. The Hall–Kier alpha value is 0.0569.